The van der Waals surface area contributed by atoms with Gasteiger partial charge in [-0.25, -0.2) is 4.98 Å². The smallest absolute Gasteiger partial charge is 0.309 e. The average Bonchev–Trinajstić information content (AvgIpc) is 3.45. The molecule has 1 amide bonds. The first-order valence-electron chi connectivity index (χ1n) is 10.9. The highest BCUT2D eigenvalue weighted by Gasteiger charge is 2.17. The number of nitrogens with one attached hydrogen (secondary N) is 2. The van der Waals surface area contributed by atoms with E-state index in [9.17, 15) is 9.59 Å². The second-order valence-corrected chi connectivity index (χ2v) is 9.09. The summed E-state index contributed by atoms with van der Waals surface area (Å²) in [4.78, 5) is 27.4. The number of carboxylic acid groups (broad SMARTS) is 1. The van der Waals surface area contributed by atoms with Crippen LogP contribution < -0.4 is 10.6 Å². The summed E-state index contributed by atoms with van der Waals surface area (Å²) < 4.78 is 0. The Morgan fingerprint density at radius 3 is 2.56 bits per heavy atom. The van der Waals surface area contributed by atoms with E-state index in [4.69, 9.17) is 5.11 Å². The summed E-state index contributed by atoms with van der Waals surface area (Å²) >= 11 is 1.22. The highest BCUT2D eigenvalue weighted by atomic mass is 32.1. The van der Waals surface area contributed by atoms with Crippen molar-refractivity contribution in [2.75, 3.05) is 10.6 Å². The molecule has 3 aromatic rings. The Hall–Kier alpha value is -3.19. The van der Waals surface area contributed by atoms with Crippen molar-refractivity contribution in [2.45, 2.75) is 45.1 Å². The number of hydrogen-bond acceptors (Lipinski definition) is 5. The molecule has 0 radical (unpaired) electrons. The molecule has 1 fully saturated rings. The second-order valence-electron chi connectivity index (χ2n) is 8.23. The van der Waals surface area contributed by atoms with Gasteiger partial charge in [0.15, 0.2) is 5.13 Å². The number of carbonyl (C=O) groups excluding carboxylic acids is 1. The van der Waals surface area contributed by atoms with Gasteiger partial charge in [-0.3, -0.25) is 14.9 Å². The molecule has 0 unspecified atom stereocenters. The molecule has 1 aliphatic carbocycles. The van der Waals surface area contributed by atoms with Crippen LogP contribution in [0.3, 0.4) is 0 Å². The number of aliphatic carboxylic acids is 1. The van der Waals surface area contributed by atoms with Crippen LogP contribution in [0.5, 0.6) is 0 Å². The highest BCUT2D eigenvalue weighted by Crippen LogP contribution is 2.30. The molecule has 2 aromatic carbocycles. The highest BCUT2D eigenvalue weighted by molar-refractivity contribution is 7.14. The maximum Gasteiger partial charge on any atom is 0.309 e. The Morgan fingerprint density at radius 1 is 1.06 bits per heavy atom. The van der Waals surface area contributed by atoms with Crippen LogP contribution in [0.25, 0.3) is 0 Å². The van der Waals surface area contributed by atoms with E-state index >= 15 is 0 Å². The van der Waals surface area contributed by atoms with Gasteiger partial charge in [0.1, 0.15) is 0 Å². The molecular weight excluding hydrogens is 422 g/mol. The summed E-state index contributed by atoms with van der Waals surface area (Å²) in [6.45, 7) is 0.689. The molecule has 7 heteroatoms. The first kappa shape index (κ1) is 22.0. The SMILES string of the molecule is O=C(O)Cc1csc(NC(=O)c2ccc(CNc3ccccc3CC3CCCC3)cc2)n1. The van der Waals surface area contributed by atoms with Gasteiger partial charge < -0.3 is 10.4 Å². The van der Waals surface area contributed by atoms with Gasteiger partial charge in [-0.1, -0.05) is 56.0 Å². The van der Waals surface area contributed by atoms with Crippen molar-refractivity contribution >= 4 is 34.0 Å². The third-order valence-corrected chi connectivity index (χ3v) is 6.61. The molecule has 4 rings (SSSR count). The summed E-state index contributed by atoms with van der Waals surface area (Å²) in [5, 5.41) is 17.2. The fourth-order valence-corrected chi connectivity index (χ4v) is 4.84. The number of rotatable bonds is 9. The molecule has 0 saturated heterocycles. The van der Waals surface area contributed by atoms with E-state index in [0.29, 0.717) is 22.9 Å². The number of aromatic nitrogens is 1. The van der Waals surface area contributed by atoms with Crippen molar-refractivity contribution in [1.82, 2.24) is 4.98 Å². The monoisotopic (exact) mass is 449 g/mol. The molecule has 32 heavy (non-hydrogen) atoms. The van der Waals surface area contributed by atoms with Crippen LogP contribution in [0.2, 0.25) is 0 Å². The Kier molecular flexibility index (Phi) is 7.17. The predicted octanol–water partition coefficient (Wildman–Crippen LogP) is 5.37. The molecule has 0 aliphatic heterocycles. The van der Waals surface area contributed by atoms with E-state index in [0.717, 1.165) is 17.9 Å². The summed E-state index contributed by atoms with van der Waals surface area (Å²) in [5.41, 5.74) is 4.62. The third kappa shape index (κ3) is 5.95. The minimum Gasteiger partial charge on any atom is -0.481 e. The van der Waals surface area contributed by atoms with Gasteiger partial charge in [0, 0.05) is 23.2 Å². The van der Waals surface area contributed by atoms with Crippen molar-refractivity contribution in [3.63, 3.8) is 0 Å². The summed E-state index contributed by atoms with van der Waals surface area (Å²) in [7, 11) is 0. The molecule has 1 heterocycles. The quantitative estimate of drug-likeness (QED) is 0.409. The minimum atomic E-state index is -0.946. The van der Waals surface area contributed by atoms with E-state index < -0.39 is 5.97 Å². The van der Waals surface area contributed by atoms with Crippen LogP contribution in [0, 0.1) is 5.92 Å². The number of benzene rings is 2. The summed E-state index contributed by atoms with van der Waals surface area (Å²) in [5.74, 6) is -0.407. The predicted molar refractivity (Wildman–Crippen MR) is 127 cm³/mol. The van der Waals surface area contributed by atoms with Gasteiger partial charge in [0.05, 0.1) is 12.1 Å². The fraction of sp³-hybridized carbons (Fsp3) is 0.320. The lowest BCUT2D eigenvalue weighted by Crippen LogP contribution is -2.12. The molecule has 0 atom stereocenters. The van der Waals surface area contributed by atoms with Crippen molar-refractivity contribution < 1.29 is 14.7 Å². The van der Waals surface area contributed by atoms with Gasteiger partial charge >= 0.3 is 5.97 Å². The van der Waals surface area contributed by atoms with E-state index in [1.54, 1.807) is 17.5 Å². The van der Waals surface area contributed by atoms with E-state index in [-0.39, 0.29) is 12.3 Å². The molecule has 6 nitrogen and oxygen atoms in total. The van der Waals surface area contributed by atoms with E-state index in [2.05, 4.69) is 39.9 Å². The summed E-state index contributed by atoms with van der Waals surface area (Å²) in [6, 6.07) is 16.0. The molecule has 3 N–H and O–H groups in total. The lowest BCUT2D eigenvalue weighted by molar-refractivity contribution is -0.136. The molecule has 1 aromatic heterocycles. The fourth-order valence-electron chi connectivity index (χ4n) is 4.14. The molecule has 0 spiro atoms. The van der Waals surface area contributed by atoms with Gasteiger partial charge in [0.2, 0.25) is 0 Å². The number of thiazole rings is 1. The third-order valence-electron chi connectivity index (χ3n) is 5.80. The maximum atomic E-state index is 12.5. The van der Waals surface area contributed by atoms with Crippen LogP contribution in [0.1, 0.15) is 52.9 Å². The van der Waals surface area contributed by atoms with Crippen molar-refractivity contribution in [1.29, 1.82) is 0 Å². The largest absolute Gasteiger partial charge is 0.481 e. The number of para-hydroxylation sites is 1. The lowest BCUT2D eigenvalue weighted by Gasteiger charge is -2.15. The number of carboxylic acids is 1. The number of hydrogen-bond donors (Lipinski definition) is 3. The Balaban J connectivity index is 1.32. The number of anilines is 2. The Bertz CT molecular complexity index is 1070. The van der Waals surface area contributed by atoms with Crippen molar-refractivity contribution in [3.8, 4) is 0 Å². The van der Waals surface area contributed by atoms with Gasteiger partial charge in [0.25, 0.3) is 5.91 Å². The Labute approximate surface area is 191 Å². The van der Waals surface area contributed by atoms with Gasteiger partial charge in [-0.15, -0.1) is 11.3 Å². The first-order valence-corrected chi connectivity index (χ1v) is 11.8. The lowest BCUT2D eigenvalue weighted by atomic mass is 9.97. The molecular formula is C25H27N3O3S. The normalized spacial score (nSPS) is 13.8. The van der Waals surface area contributed by atoms with E-state index in [1.165, 1.54) is 48.3 Å². The van der Waals surface area contributed by atoms with Crippen LogP contribution in [0.4, 0.5) is 10.8 Å². The van der Waals surface area contributed by atoms with Crippen LogP contribution in [-0.4, -0.2) is 22.0 Å². The second kappa shape index (κ2) is 10.4. The minimum absolute atomic E-state index is 0.155. The maximum absolute atomic E-state index is 12.5. The van der Waals surface area contributed by atoms with Crippen LogP contribution >= 0.6 is 11.3 Å². The first-order chi connectivity index (χ1) is 15.6. The van der Waals surface area contributed by atoms with E-state index in [1.807, 2.05) is 12.1 Å². The van der Waals surface area contributed by atoms with Crippen LogP contribution in [-0.2, 0) is 24.2 Å². The van der Waals surface area contributed by atoms with Crippen molar-refractivity contribution in [2.24, 2.45) is 5.92 Å². The zero-order valence-electron chi connectivity index (χ0n) is 17.8. The van der Waals surface area contributed by atoms with Crippen molar-refractivity contribution in [3.05, 3.63) is 76.3 Å². The zero-order chi connectivity index (χ0) is 22.3. The standard InChI is InChI=1S/C25H27N3O3S/c29-23(30)14-21-16-32-25(27-21)28-24(31)19-11-9-18(10-12-19)15-26-22-8-4-3-7-20(22)13-17-5-1-2-6-17/h3-4,7-12,16-17,26H,1-2,5-6,13-15H2,(H,29,30)(H,27,28,31). The zero-order valence-corrected chi connectivity index (χ0v) is 18.7. The number of nitrogens with zero attached hydrogens (tertiary/aromatic N) is 1. The van der Waals surface area contributed by atoms with Crippen LogP contribution in [0.15, 0.2) is 53.9 Å². The molecule has 0 bridgehead atoms. The summed E-state index contributed by atoms with van der Waals surface area (Å²) in [6.07, 6.45) is 6.35. The molecule has 1 saturated carbocycles. The Morgan fingerprint density at radius 2 is 1.81 bits per heavy atom. The average molecular weight is 450 g/mol. The topological polar surface area (TPSA) is 91.3 Å². The number of amides is 1. The molecule has 1 aliphatic rings. The van der Waals surface area contributed by atoms with Gasteiger partial charge in [-0.05, 0) is 41.7 Å². The van der Waals surface area contributed by atoms with Gasteiger partial charge in [-0.2, -0.15) is 0 Å². The number of carbonyl (C=O) groups is 2. The molecule has 166 valence electrons.